The Hall–Kier alpha value is -2.47. The molecule has 2 rings (SSSR count). The molecule has 108 valence electrons. The molecule has 0 spiro atoms. The molecular formula is C15H13FN2O2S. The van der Waals surface area contributed by atoms with Crippen molar-refractivity contribution in [2.75, 3.05) is 5.32 Å². The van der Waals surface area contributed by atoms with Crippen LogP contribution < -0.4 is 11.1 Å². The van der Waals surface area contributed by atoms with E-state index in [1.807, 2.05) is 0 Å². The zero-order valence-electron chi connectivity index (χ0n) is 11.2. The molecule has 6 heteroatoms. The fraction of sp³-hybridized carbons (Fsp3) is 0.0667. The smallest absolute Gasteiger partial charge is 0.259 e. The van der Waals surface area contributed by atoms with Crippen LogP contribution in [0, 0.1) is 12.7 Å². The standard InChI is InChI=1S/C15H13FN2O2S/c1-8-5-6-9(12(19)7-8)15(20)18-11-4-2-3-10(16)13(11)14(17)21/h2-7,19H,1H3,(H2,17,21)(H,18,20). The quantitative estimate of drug-likeness (QED) is 0.762. The van der Waals surface area contributed by atoms with Crippen molar-refractivity contribution in [3.8, 4) is 5.75 Å². The SMILES string of the molecule is Cc1ccc(C(=O)Nc2cccc(F)c2C(N)=S)c(O)c1. The van der Waals surface area contributed by atoms with Crippen molar-refractivity contribution in [3.63, 3.8) is 0 Å². The normalized spacial score (nSPS) is 10.2. The van der Waals surface area contributed by atoms with E-state index < -0.39 is 11.7 Å². The van der Waals surface area contributed by atoms with Crippen LogP contribution in [-0.4, -0.2) is 16.0 Å². The Bertz CT molecular complexity index is 732. The Labute approximate surface area is 126 Å². The molecule has 0 aromatic heterocycles. The van der Waals surface area contributed by atoms with Crippen molar-refractivity contribution < 1.29 is 14.3 Å². The average molecular weight is 304 g/mol. The first-order chi connectivity index (χ1) is 9.90. The number of carbonyl (C=O) groups is 1. The number of hydrogen-bond acceptors (Lipinski definition) is 3. The van der Waals surface area contributed by atoms with Crippen LogP contribution in [0.2, 0.25) is 0 Å². The maximum Gasteiger partial charge on any atom is 0.259 e. The molecule has 0 aliphatic heterocycles. The molecular weight excluding hydrogens is 291 g/mol. The lowest BCUT2D eigenvalue weighted by atomic mass is 10.1. The number of amides is 1. The van der Waals surface area contributed by atoms with Gasteiger partial charge in [0.25, 0.3) is 5.91 Å². The van der Waals surface area contributed by atoms with Gasteiger partial charge in [-0.2, -0.15) is 0 Å². The van der Waals surface area contributed by atoms with Crippen LogP contribution in [0.5, 0.6) is 5.75 Å². The van der Waals surface area contributed by atoms with E-state index in [1.54, 1.807) is 13.0 Å². The minimum absolute atomic E-state index is 0.0348. The fourth-order valence-corrected chi connectivity index (χ4v) is 2.11. The third-order valence-corrected chi connectivity index (χ3v) is 3.11. The molecule has 0 saturated heterocycles. The van der Waals surface area contributed by atoms with Crippen molar-refractivity contribution in [1.82, 2.24) is 0 Å². The molecule has 2 aromatic rings. The van der Waals surface area contributed by atoms with E-state index in [9.17, 15) is 14.3 Å². The van der Waals surface area contributed by atoms with E-state index in [0.717, 1.165) is 5.56 Å². The number of nitrogens with one attached hydrogen (secondary N) is 1. The van der Waals surface area contributed by atoms with E-state index in [1.165, 1.54) is 30.3 Å². The Morgan fingerprint density at radius 2 is 2.05 bits per heavy atom. The first-order valence-corrected chi connectivity index (χ1v) is 6.50. The van der Waals surface area contributed by atoms with Gasteiger partial charge >= 0.3 is 0 Å². The lowest BCUT2D eigenvalue weighted by Crippen LogP contribution is -2.19. The predicted molar refractivity (Wildman–Crippen MR) is 83.1 cm³/mol. The second-order valence-electron chi connectivity index (χ2n) is 4.50. The summed E-state index contributed by atoms with van der Waals surface area (Å²) in [6, 6.07) is 8.76. The summed E-state index contributed by atoms with van der Waals surface area (Å²) in [6.45, 7) is 1.79. The van der Waals surface area contributed by atoms with Gasteiger partial charge in [0.05, 0.1) is 16.8 Å². The number of benzene rings is 2. The van der Waals surface area contributed by atoms with Gasteiger partial charge < -0.3 is 16.2 Å². The molecule has 0 fully saturated rings. The number of anilines is 1. The number of carbonyl (C=O) groups excluding carboxylic acids is 1. The van der Waals surface area contributed by atoms with Crippen LogP contribution in [0.25, 0.3) is 0 Å². The lowest BCUT2D eigenvalue weighted by molar-refractivity contribution is 0.102. The number of hydrogen-bond donors (Lipinski definition) is 3. The van der Waals surface area contributed by atoms with Crippen molar-refractivity contribution >= 4 is 28.8 Å². The van der Waals surface area contributed by atoms with Crippen molar-refractivity contribution in [2.24, 2.45) is 5.73 Å². The highest BCUT2D eigenvalue weighted by atomic mass is 32.1. The molecule has 0 unspecified atom stereocenters. The molecule has 4 N–H and O–H groups in total. The monoisotopic (exact) mass is 304 g/mol. The lowest BCUT2D eigenvalue weighted by Gasteiger charge is -2.11. The third kappa shape index (κ3) is 3.17. The number of nitrogens with two attached hydrogens (primary N) is 1. The zero-order chi connectivity index (χ0) is 15.6. The molecule has 21 heavy (non-hydrogen) atoms. The maximum absolute atomic E-state index is 13.7. The first kappa shape index (κ1) is 14.9. The van der Waals surface area contributed by atoms with E-state index in [-0.39, 0.29) is 27.6 Å². The summed E-state index contributed by atoms with van der Waals surface area (Å²) in [5.74, 6) is -1.34. The Kier molecular flexibility index (Phi) is 4.18. The second-order valence-corrected chi connectivity index (χ2v) is 4.94. The molecule has 4 nitrogen and oxygen atoms in total. The molecule has 0 saturated carbocycles. The average Bonchev–Trinajstić information content (AvgIpc) is 2.37. The highest BCUT2D eigenvalue weighted by Crippen LogP contribution is 2.23. The molecule has 0 aliphatic rings. The number of rotatable bonds is 3. The van der Waals surface area contributed by atoms with Crippen molar-refractivity contribution in [3.05, 3.63) is 58.9 Å². The van der Waals surface area contributed by atoms with Gasteiger partial charge in [0.1, 0.15) is 16.6 Å². The summed E-state index contributed by atoms with van der Waals surface area (Å²) in [4.78, 5) is 12.0. The van der Waals surface area contributed by atoms with Crippen LogP contribution in [0.1, 0.15) is 21.5 Å². The van der Waals surface area contributed by atoms with Gasteiger partial charge in [0, 0.05) is 0 Å². The molecule has 0 bridgehead atoms. The van der Waals surface area contributed by atoms with Gasteiger partial charge in [-0.15, -0.1) is 0 Å². The Balaban J connectivity index is 2.36. The van der Waals surface area contributed by atoms with Gasteiger partial charge in [0.15, 0.2) is 0 Å². The summed E-state index contributed by atoms with van der Waals surface area (Å²) in [7, 11) is 0. The maximum atomic E-state index is 13.7. The third-order valence-electron chi connectivity index (χ3n) is 2.91. The summed E-state index contributed by atoms with van der Waals surface area (Å²) in [5.41, 5.74) is 6.50. The Morgan fingerprint density at radius 3 is 2.67 bits per heavy atom. The topological polar surface area (TPSA) is 75.4 Å². The number of phenolic OH excluding ortho intramolecular Hbond substituents is 1. The van der Waals surface area contributed by atoms with E-state index in [2.05, 4.69) is 5.32 Å². The summed E-state index contributed by atoms with van der Waals surface area (Å²) in [5, 5.41) is 12.3. The molecule has 2 aromatic carbocycles. The van der Waals surface area contributed by atoms with Crippen molar-refractivity contribution in [2.45, 2.75) is 6.92 Å². The first-order valence-electron chi connectivity index (χ1n) is 6.09. The number of thiocarbonyl (C=S) groups is 1. The minimum atomic E-state index is -0.617. The number of aromatic hydroxyl groups is 1. The van der Waals surface area contributed by atoms with Crippen LogP contribution in [-0.2, 0) is 0 Å². The van der Waals surface area contributed by atoms with Gasteiger partial charge in [0.2, 0.25) is 0 Å². The summed E-state index contributed by atoms with van der Waals surface area (Å²) < 4.78 is 13.7. The van der Waals surface area contributed by atoms with Gasteiger partial charge in [-0.3, -0.25) is 4.79 Å². The van der Waals surface area contributed by atoms with Crippen molar-refractivity contribution in [1.29, 1.82) is 0 Å². The van der Waals surface area contributed by atoms with Gasteiger partial charge in [-0.1, -0.05) is 24.4 Å². The van der Waals surface area contributed by atoms with E-state index in [0.29, 0.717) is 0 Å². The molecule has 0 atom stereocenters. The summed E-state index contributed by atoms with van der Waals surface area (Å²) >= 11 is 4.79. The predicted octanol–water partition coefficient (Wildman–Crippen LogP) is 2.73. The van der Waals surface area contributed by atoms with E-state index in [4.69, 9.17) is 18.0 Å². The van der Waals surface area contributed by atoms with Crippen LogP contribution in [0.15, 0.2) is 36.4 Å². The second kappa shape index (κ2) is 5.88. The number of aryl methyl sites for hydroxylation is 1. The van der Waals surface area contributed by atoms with Crippen LogP contribution in [0.4, 0.5) is 10.1 Å². The van der Waals surface area contributed by atoms with E-state index >= 15 is 0 Å². The minimum Gasteiger partial charge on any atom is -0.507 e. The number of halogens is 1. The summed E-state index contributed by atoms with van der Waals surface area (Å²) in [6.07, 6.45) is 0. The van der Waals surface area contributed by atoms with Gasteiger partial charge in [-0.25, -0.2) is 4.39 Å². The zero-order valence-corrected chi connectivity index (χ0v) is 12.0. The molecule has 0 heterocycles. The fourth-order valence-electron chi connectivity index (χ4n) is 1.90. The highest BCUT2D eigenvalue weighted by molar-refractivity contribution is 7.80. The molecule has 0 aliphatic carbocycles. The highest BCUT2D eigenvalue weighted by Gasteiger charge is 2.16. The largest absolute Gasteiger partial charge is 0.507 e. The molecule has 0 radical (unpaired) electrons. The Morgan fingerprint density at radius 1 is 1.33 bits per heavy atom. The number of phenols is 1. The van der Waals surface area contributed by atoms with Crippen LogP contribution in [0.3, 0.4) is 0 Å². The molecule has 1 amide bonds. The van der Waals surface area contributed by atoms with Crippen LogP contribution >= 0.6 is 12.2 Å². The van der Waals surface area contributed by atoms with Gasteiger partial charge in [-0.05, 0) is 36.8 Å².